The van der Waals surface area contributed by atoms with Gasteiger partial charge in [0.15, 0.2) is 0 Å². The Labute approximate surface area is 291 Å². The van der Waals surface area contributed by atoms with Crippen molar-refractivity contribution in [2.45, 2.75) is 258 Å². The molecule has 0 saturated carbocycles. The number of hydrogen-bond acceptors (Lipinski definition) is 1. The van der Waals surface area contributed by atoms with Crippen molar-refractivity contribution < 1.29 is 0 Å². The first-order valence-corrected chi connectivity index (χ1v) is 21.7. The van der Waals surface area contributed by atoms with Gasteiger partial charge in [0, 0.05) is 11.4 Å². The van der Waals surface area contributed by atoms with Crippen LogP contribution in [-0.2, 0) is 12.8 Å². The third kappa shape index (κ3) is 31.7. The third-order valence-corrected chi connectivity index (χ3v) is 10.4. The Hall–Kier alpha value is -0.850. The van der Waals surface area contributed by atoms with Gasteiger partial charge in [-0.1, -0.05) is 232 Å². The predicted octanol–water partition coefficient (Wildman–Crippen LogP) is 16.1. The van der Waals surface area contributed by atoms with E-state index in [1.807, 2.05) is 0 Å². The van der Waals surface area contributed by atoms with Crippen LogP contribution in [-0.4, -0.2) is 4.98 Å². The topological polar surface area (TPSA) is 12.9 Å². The average molecular weight is 639 g/mol. The second-order valence-electron chi connectivity index (χ2n) is 15.1. The van der Waals surface area contributed by atoms with E-state index in [0.29, 0.717) is 0 Å². The normalized spacial score (nSPS) is 11.5. The SMILES string of the molecule is CCCCCCCCCCCCCCCCCCCCc1c[c]cc(CCCCCCCCCCCCCCCCCCCC)n1. The van der Waals surface area contributed by atoms with Gasteiger partial charge in [-0.15, -0.1) is 0 Å². The predicted molar refractivity (Wildman–Crippen MR) is 208 cm³/mol. The van der Waals surface area contributed by atoms with Crippen LogP contribution >= 0.6 is 0 Å². The molecule has 0 aliphatic heterocycles. The Balaban J connectivity index is 1.82. The summed E-state index contributed by atoms with van der Waals surface area (Å²) in [5, 5.41) is 0. The molecule has 1 heterocycles. The van der Waals surface area contributed by atoms with Crippen molar-refractivity contribution in [2.24, 2.45) is 0 Å². The standard InChI is InChI=1S/C45H84N/c1-3-5-7-9-11-13-15-17-19-21-23-25-27-29-31-33-35-37-40-44-42-39-43-45(46-44)41-38-36-34-32-30-28-26-24-22-20-18-16-14-12-10-8-6-4-2/h42-43H,3-38,40-41H2,1-2H3. The number of aromatic nitrogens is 1. The Kier molecular flexibility index (Phi) is 34.7. The maximum atomic E-state index is 4.97. The van der Waals surface area contributed by atoms with Crippen LogP contribution in [0.2, 0.25) is 0 Å². The molecule has 1 radical (unpaired) electrons. The molecule has 0 fully saturated rings. The maximum absolute atomic E-state index is 4.97. The smallest absolute Gasteiger partial charge is 0.0413 e. The molecule has 46 heavy (non-hydrogen) atoms. The Morgan fingerprint density at radius 3 is 0.717 bits per heavy atom. The Morgan fingerprint density at radius 1 is 0.304 bits per heavy atom. The van der Waals surface area contributed by atoms with Crippen LogP contribution in [0.3, 0.4) is 0 Å². The van der Waals surface area contributed by atoms with Gasteiger partial charge in [-0.25, -0.2) is 0 Å². The molecule has 0 bridgehead atoms. The second kappa shape index (κ2) is 37.0. The summed E-state index contributed by atoms with van der Waals surface area (Å²) in [5.41, 5.74) is 2.55. The van der Waals surface area contributed by atoms with E-state index in [9.17, 15) is 0 Å². The molecule has 269 valence electrons. The minimum absolute atomic E-state index is 1.14. The first-order valence-electron chi connectivity index (χ1n) is 21.7. The second-order valence-corrected chi connectivity index (χ2v) is 15.1. The van der Waals surface area contributed by atoms with Crippen molar-refractivity contribution in [2.75, 3.05) is 0 Å². The first kappa shape index (κ1) is 43.2. The fraction of sp³-hybridized carbons (Fsp3) is 0.889. The summed E-state index contributed by atoms with van der Waals surface area (Å²) < 4.78 is 0. The van der Waals surface area contributed by atoms with Crippen molar-refractivity contribution in [3.63, 3.8) is 0 Å². The van der Waals surface area contributed by atoms with E-state index in [-0.39, 0.29) is 0 Å². The highest BCUT2D eigenvalue weighted by Crippen LogP contribution is 2.17. The van der Waals surface area contributed by atoms with Gasteiger partial charge in [0.25, 0.3) is 0 Å². The summed E-state index contributed by atoms with van der Waals surface area (Å²) in [6, 6.07) is 7.65. The van der Waals surface area contributed by atoms with Gasteiger partial charge in [-0.3, -0.25) is 4.98 Å². The molecule has 1 aromatic heterocycles. The van der Waals surface area contributed by atoms with Gasteiger partial charge in [-0.05, 0) is 43.9 Å². The summed E-state index contributed by atoms with van der Waals surface area (Å²) in [7, 11) is 0. The molecular weight excluding hydrogens is 555 g/mol. The highest BCUT2D eigenvalue weighted by Gasteiger charge is 2.01. The molecule has 0 atom stereocenters. The molecule has 0 amide bonds. The van der Waals surface area contributed by atoms with E-state index in [0.717, 1.165) is 12.8 Å². The molecule has 0 aliphatic carbocycles. The number of nitrogens with zero attached hydrogens (tertiary/aromatic N) is 1. The van der Waals surface area contributed by atoms with Crippen LogP contribution in [0, 0.1) is 6.07 Å². The minimum Gasteiger partial charge on any atom is -0.258 e. The Bertz CT molecular complexity index is 641. The van der Waals surface area contributed by atoms with Gasteiger partial charge in [0.1, 0.15) is 0 Å². The maximum Gasteiger partial charge on any atom is 0.0413 e. The average Bonchev–Trinajstić information content (AvgIpc) is 3.07. The molecule has 1 nitrogen and oxygen atoms in total. The van der Waals surface area contributed by atoms with Crippen molar-refractivity contribution in [1.29, 1.82) is 0 Å². The van der Waals surface area contributed by atoms with Gasteiger partial charge < -0.3 is 0 Å². The molecule has 0 saturated heterocycles. The lowest BCUT2D eigenvalue weighted by Gasteiger charge is -2.06. The highest BCUT2D eigenvalue weighted by atomic mass is 14.7. The van der Waals surface area contributed by atoms with Crippen LogP contribution in [0.15, 0.2) is 12.1 Å². The number of unbranched alkanes of at least 4 members (excludes halogenated alkanes) is 34. The minimum atomic E-state index is 1.14. The van der Waals surface area contributed by atoms with E-state index in [2.05, 4.69) is 32.0 Å². The highest BCUT2D eigenvalue weighted by molar-refractivity contribution is 5.10. The fourth-order valence-electron chi connectivity index (χ4n) is 7.15. The lowest BCUT2D eigenvalue weighted by Crippen LogP contribution is -1.96. The van der Waals surface area contributed by atoms with Crippen LogP contribution in [0.4, 0.5) is 0 Å². The quantitative estimate of drug-likeness (QED) is 0.0657. The van der Waals surface area contributed by atoms with E-state index in [1.54, 1.807) is 0 Å². The number of hydrogen-bond donors (Lipinski definition) is 0. The summed E-state index contributed by atoms with van der Waals surface area (Å²) in [6.45, 7) is 4.61. The first-order chi connectivity index (χ1) is 22.9. The van der Waals surface area contributed by atoms with Crippen LogP contribution in [0.5, 0.6) is 0 Å². The van der Waals surface area contributed by atoms with Crippen molar-refractivity contribution in [3.05, 3.63) is 29.6 Å². The van der Waals surface area contributed by atoms with Crippen molar-refractivity contribution in [1.82, 2.24) is 4.98 Å². The Morgan fingerprint density at radius 2 is 0.500 bits per heavy atom. The molecule has 0 aliphatic rings. The van der Waals surface area contributed by atoms with E-state index < -0.39 is 0 Å². The molecule has 0 aromatic carbocycles. The summed E-state index contributed by atoms with van der Waals surface area (Å²) in [5.74, 6) is 0. The zero-order chi connectivity index (χ0) is 32.9. The zero-order valence-corrected chi connectivity index (χ0v) is 32.0. The van der Waals surface area contributed by atoms with E-state index in [4.69, 9.17) is 4.98 Å². The third-order valence-electron chi connectivity index (χ3n) is 10.4. The lowest BCUT2D eigenvalue weighted by atomic mass is 10.0. The molecule has 1 heteroatoms. The number of rotatable bonds is 38. The zero-order valence-electron chi connectivity index (χ0n) is 32.0. The number of aryl methyl sites for hydroxylation is 2. The lowest BCUT2D eigenvalue weighted by molar-refractivity contribution is 0.524. The molecular formula is C45H84N. The number of pyridine rings is 1. The monoisotopic (exact) mass is 639 g/mol. The van der Waals surface area contributed by atoms with E-state index in [1.165, 1.54) is 243 Å². The molecule has 0 unspecified atom stereocenters. The summed E-state index contributed by atoms with van der Waals surface area (Å²) in [6.07, 6.45) is 54.1. The van der Waals surface area contributed by atoms with E-state index >= 15 is 0 Å². The van der Waals surface area contributed by atoms with Gasteiger partial charge in [0.05, 0.1) is 0 Å². The van der Waals surface area contributed by atoms with Gasteiger partial charge in [0.2, 0.25) is 0 Å². The largest absolute Gasteiger partial charge is 0.258 e. The summed E-state index contributed by atoms with van der Waals surface area (Å²) >= 11 is 0. The molecule has 1 aromatic rings. The summed E-state index contributed by atoms with van der Waals surface area (Å²) in [4.78, 5) is 4.97. The molecule has 1 rings (SSSR count). The van der Waals surface area contributed by atoms with Crippen molar-refractivity contribution >= 4 is 0 Å². The molecule has 0 spiro atoms. The van der Waals surface area contributed by atoms with Gasteiger partial charge >= 0.3 is 0 Å². The fourth-order valence-corrected chi connectivity index (χ4v) is 7.15. The van der Waals surface area contributed by atoms with Crippen LogP contribution in [0.25, 0.3) is 0 Å². The van der Waals surface area contributed by atoms with Crippen LogP contribution < -0.4 is 0 Å². The van der Waals surface area contributed by atoms with Crippen LogP contribution in [0.1, 0.15) is 256 Å². The van der Waals surface area contributed by atoms with Gasteiger partial charge in [-0.2, -0.15) is 0 Å². The van der Waals surface area contributed by atoms with Crippen molar-refractivity contribution in [3.8, 4) is 0 Å². The molecule has 0 N–H and O–H groups in total.